The Morgan fingerprint density at radius 1 is 1.24 bits per heavy atom. The quantitative estimate of drug-likeness (QED) is 0.838. The predicted molar refractivity (Wildman–Crippen MR) is 91.5 cm³/mol. The Morgan fingerprint density at radius 2 is 1.90 bits per heavy atom. The van der Waals surface area contributed by atoms with Gasteiger partial charge >= 0.3 is 0 Å². The largest absolute Gasteiger partial charge is 0.461 e. The summed E-state index contributed by atoms with van der Waals surface area (Å²) in [5.74, 6) is 1.50. The molecule has 1 heterocycles. The summed E-state index contributed by atoms with van der Waals surface area (Å²) in [6.07, 6.45) is 2.30. The highest BCUT2D eigenvalue weighted by molar-refractivity contribution is 5.88. The number of hydrogen-bond acceptors (Lipinski definition) is 2. The van der Waals surface area contributed by atoms with Crippen molar-refractivity contribution in [1.82, 2.24) is 5.32 Å². The molecule has 0 fully saturated rings. The van der Waals surface area contributed by atoms with Crippen LogP contribution >= 0.6 is 0 Å². The molecule has 0 saturated carbocycles. The van der Waals surface area contributed by atoms with Crippen LogP contribution in [0.2, 0.25) is 0 Å². The van der Waals surface area contributed by atoms with Gasteiger partial charge in [0, 0.05) is 23.0 Å². The summed E-state index contributed by atoms with van der Waals surface area (Å²) in [5, 5.41) is 4.78. The van der Waals surface area contributed by atoms with Crippen LogP contribution in [0.4, 0.5) is 0 Å². The Morgan fingerprint density at radius 3 is 2.52 bits per heavy atom. The fourth-order valence-corrected chi connectivity index (χ4v) is 2.34. The number of fused-ring (bicyclic) bond motifs is 1. The van der Waals surface area contributed by atoms with E-state index in [0.29, 0.717) is 5.92 Å². The van der Waals surface area contributed by atoms with Crippen LogP contribution in [0.25, 0.3) is 17.0 Å². The molecule has 114 valence electrons. The van der Waals surface area contributed by atoms with Crippen molar-refractivity contribution >= 4 is 17.0 Å². The van der Waals surface area contributed by atoms with Crippen molar-refractivity contribution in [2.75, 3.05) is 6.54 Å². The van der Waals surface area contributed by atoms with Crippen molar-refractivity contribution in [3.05, 3.63) is 41.2 Å². The first kappa shape index (κ1) is 15.8. The molecule has 2 heteroatoms. The summed E-state index contributed by atoms with van der Waals surface area (Å²) >= 11 is 0. The minimum absolute atomic E-state index is 0.126. The lowest BCUT2D eigenvalue weighted by atomic mass is 9.97. The summed E-state index contributed by atoms with van der Waals surface area (Å²) in [7, 11) is 0. The molecule has 21 heavy (non-hydrogen) atoms. The monoisotopic (exact) mass is 285 g/mol. The Bertz CT molecular complexity index is 641. The van der Waals surface area contributed by atoms with E-state index in [9.17, 15) is 0 Å². The van der Waals surface area contributed by atoms with Gasteiger partial charge in [0.2, 0.25) is 0 Å². The third kappa shape index (κ3) is 3.98. The van der Waals surface area contributed by atoms with E-state index in [-0.39, 0.29) is 5.54 Å². The van der Waals surface area contributed by atoms with Crippen LogP contribution in [0.1, 0.15) is 45.9 Å². The second-order valence-electron chi connectivity index (χ2n) is 7.05. The van der Waals surface area contributed by atoms with E-state index in [2.05, 4.69) is 58.1 Å². The first-order valence-corrected chi connectivity index (χ1v) is 7.71. The van der Waals surface area contributed by atoms with Crippen LogP contribution in [-0.4, -0.2) is 12.1 Å². The van der Waals surface area contributed by atoms with E-state index in [1.54, 1.807) is 0 Å². The molecule has 0 bridgehead atoms. The highest BCUT2D eigenvalue weighted by Gasteiger charge is 2.14. The maximum atomic E-state index is 5.86. The van der Waals surface area contributed by atoms with Crippen LogP contribution in [0.15, 0.2) is 34.3 Å². The van der Waals surface area contributed by atoms with Crippen molar-refractivity contribution in [1.29, 1.82) is 0 Å². The van der Waals surface area contributed by atoms with Crippen LogP contribution in [0.3, 0.4) is 0 Å². The van der Waals surface area contributed by atoms with Gasteiger partial charge in [-0.3, -0.25) is 0 Å². The molecule has 0 aliphatic heterocycles. The molecule has 0 aliphatic rings. The van der Waals surface area contributed by atoms with Gasteiger partial charge in [0.05, 0.1) is 0 Å². The normalized spacial score (nSPS) is 13.4. The van der Waals surface area contributed by atoms with Crippen molar-refractivity contribution in [3.63, 3.8) is 0 Å². The maximum Gasteiger partial charge on any atom is 0.134 e. The maximum absolute atomic E-state index is 5.86. The molecular formula is C19H27NO. The van der Waals surface area contributed by atoms with Gasteiger partial charge < -0.3 is 9.73 Å². The highest BCUT2D eigenvalue weighted by Crippen LogP contribution is 2.28. The second-order valence-corrected chi connectivity index (χ2v) is 7.05. The van der Waals surface area contributed by atoms with E-state index in [4.69, 9.17) is 4.42 Å². The molecule has 2 aromatic rings. The van der Waals surface area contributed by atoms with Crippen LogP contribution in [-0.2, 0) is 0 Å². The highest BCUT2D eigenvalue weighted by atomic mass is 16.3. The molecule has 0 unspecified atom stereocenters. The SMILES string of the molecule is Cc1oc2ccccc2c1/C=C(\CNC(C)(C)C)C(C)C. The minimum atomic E-state index is 0.126. The van der Waals surface area contributed by atoms with Gasteiger partial charge in [0.15, 0.2) is 0 Å². The molecule has 0 atom stereocenters. The Balaban J connectivity index is 2.38. The third-order valence-electron chi connectivity index (χ3n) is 3.71. The fraction of sp³-hybridized carbons (Fsp3) is 0.474. The lowest BCUT2D eigenvalue weighted by Gasteiger charge is -2.23. The standard InChI is InChI=1S/C19H27NO/c1-13(2)15(12-20-19(4,5)6)11-17-14(3)21-18-10-8-7-9-16(17)18/h7-11,13,20H,12H2,1-6H3/b15-11+. The number of benzene rings is 1. The first-order chi connectivity index (χ1) is 9.78. The summed E-state index contributed by atoms with van der Waals surface area (Å²) in [4.78, 5) is 0. The number of aryl methyl sites for hydroxylation is 1. The van der Waals surface area contributed by atoms with E-state index >= 15 is 0 Å². The molecule has 0 aliphatic carbocycles. The average molecular weight is 285 g/mol. The summed E-state index contributed by atoms with van der Waals surface area (Å²) in [6, 6.07) is 8.25. The van der Waals surface area contributed by atoms with E-state index < -0.39 is 0 Å². The molecule has 0 saturated heterocycles. The smallest absolute Gasteiger partial charge is 0.134 e. The molecule has 0 spiro atoms. The van der Waals surface area contributed by atoms with Crippen molar-refractivity contribution < 1.29 is 4.42 Å². The lowest BCUT2D eigenvalue weighted by Crippen LogP contribution is -2.37. The van der Waals surface area contributed by atoms with Crippen molar-refractivity contribution in [2.24, 2.45) is 5.92 Å². The van der Waals surface area contributed by atoms with Crippen LogP contribution < -0.4 is 5.32 Å². The van der Waals surface area contributed by atoms with Gasteiger partial charge in [-0.1, -0.05) is 43.7 Å². The summed E-state index contributed by atoms with van der Waals surface area (Å²) in [6.45, 7) is 14.0. The number of hydrogen-bond donors (Lipinski definition) is 1. The molecule has 1 aromatic heterocycles. The second kappa shape index (κ2) is 6.07. The molecule has 0 amide bonds. The van der Waals surface area contributed by atoms with Gasteiger partial charge in [-0.2, -0.15) is 0 Å². The molecule has 2 nitrogen and oxygen atoms in total. The van der Waals surface area contributed by atoms with Gasteiger partial charge in [0.1, 0.15) is 11.3 Å². The molecule has 1 aromatic carbocycles. The Kier molecular flexibility index (Phi) is 4.58. The van der Waals surface area contributed by atoms with Crippen LogP contribution in [0.5, 0.6) is 0 Å². The van der Waals surface area contributed by atoms with E-state index in [1.807, 2.05) is 19.1 Å². The third-order valence-corrected chi connectivity index (χ3v) is 3.71. The van der Waals surface area contributed by atoms with Crippen molar-refractivity contribution in [3.8, 4) is 0 Å². The lowest BCUT2D eigenvalue weighted by molar-refractivity contribution is 0.437. The van der Waals surface area contributed by atoms with Gasteiger partial charge in [-0.05, 0) is 39.7 Å². The first-order valence-electron chi connectivity index (χ1n) is 7.71. The number of nitrogens with one attached hydrogen (secondary N) is 1. The van der Waals surface area contributed by atoms with Gasteiger partial charge in [0.25, 0.3) is 0 Å². The van der Waals surface area contributed by atoms with Gasteiger partial charge in [-0.15, -0.1) is 0 Å². The summed E-state index contributed by atoms with van der Waals surface area (Å²) in [5.41, 5.74) is 3.71. The predicted octanol–water partition coefficient (Wildman–Crippen LogP) is 5.17. The van der Waals surface area contributed by atoms with E-state index in [1.165, 1.54) is 16.5 Å². The Labute approximate surface area is 128 Å². The minimum Gasteiger partial charge on any atom is -0.461 e. The zero-order valence-electron chi connectivity index (χ0n) is 14.1. The molecular weight excluding hydrogens is 258 g/mol. The number of rotatable bonds is 4. The molecule has 2 rings (SSSR count). The zero-order chi connectivity index (χ0) is 15.6. The summed E-state index contributed by atoms with van der Waals surface area (Å²) < 4.78 is 5.86. The van der Waals surface area contributed by atoms with Crippen molar-refractivity contribution in [2.45, 2.75) is 47.1 Å². The number of furan rings is 1. The zero-order valence-corrected chi connectivity index (χ0v) is 14.1. The average Bonchev–Trinajstić information content (AvgIpc) is 2.69. The van der Waals surface area contributed by atoms with Crippen LogP contribution in [0, 0.1) is 12.8 Å². The fourth-order valence-electron chi connectivity index (χ4n) is 2.34. The van der Waals surface area contributed by atoms with E-state index in [0.717, 1.165) is 17.9 Å². The Hall–Kier alpha value is -1.54. The number of para-hydroxylation sites is 1. The van der Waals surface area contributed by atoms with Gasteiger partial charge in [-0.25, -0.2) is 0 Å². The topological polar surface area (TPSA) is 25.2 Å². The molecule has 0 radical (unpaired) electrons. The molecule has 1 N–H and O–H groups in total.